The molecule has 26 heavy (non-hydrogen) atoms. The summed E-state index contributed by atoms with van der Waals surface area (Å²) in [5, 5.41) is 0.600. The van der Waals surface area contributed by atoms with Gasteiger partial charge in [0.05, 0.1) is 5.92 Å². The molecule has 1 saturated heterocycles. The van der Waals surface area contributed by atoms with Crippen LogP contribution < -0.4 is 0 Å². The van der Waals surface area contributed by atoms with Crippen LogP contribution in [0.2, 0.25) is 5.02 Å². The van der Waals surface area contributed by atoms with Crippen molar-refractivity contribution >= 4 is 23.4 Å². The molecule has 2 aromatic rings. The van der Waals surface area contributed by atoms with Crippen LogP contribution >= 0.6 is 11.6 Å². The molecule has 2 amide bonds. The van der Waals surface area contributed by atoms with Crippen LogP contribution in [0.25, 0.3) is 0 Å². The van der Waals surface area contributed by atoms with E-state index in [2.05, 4.69) is 0 Å². The third-order valence-corrected chi connectivity index (χ3v) is 5.35. The molecular weight excluding hydrogens is 348 g/mol. The van der Waals surface area contributed by atoms with Crippen molar-refractivity contribution in [1.29, 1.82) is 0 Å². The zero-order valence-electron chi connectivity index (χ0n) is 15.1. The Labute approximate surface area is 159 Å². The number of hydrogen-bond acceptors (Lipinski definition) is 2. The predicted octanol–water partition coefficient (Wildman–Crippen LogP) is 3.67. The second kappa shape index (κ2) is 7.92. The number of hydrogen-bond donors (Lipinski definition) is 0. The maximum Gasteiger partial charge on any atom is 0.253 e. The van der Waals surface area contributed by atoms with Crippen molar-refractivity contribution in [3.8, 4) is 0 Å². The molecule has 0 spiro atoms. The molecule has 0 aromatic heterocycles. The minimum atomic E-state index is -0.224. The van der Waals surface area contributed by atoms with Gasteiger partial charge in [-0.05, 0) is 36.8 Å². The Hall–Kier alpha value is -2.33. The van der Waals surface area contributed by atoms with Gasteiger partial charge in [-0.2, -0.15) is 0 Å². The van der Waals surface area contributed by atoms with Crippen LogP contribution in [0.3, 0.4) is 0 Å². The number of likely N-dealkylation sites (tertiary alicyclic amines) is 1. The Bertz CT molecular complexity index is 776. The molecule has 3 rings (SSSR count). The van der Waals surface area contributed by atoms with Crippen molar-refractivity contribution in [1.82, 2.24) is 9.80 Å². The number of rotatable bonds is 4. The highest BCUT2D eigenvalue weighted by atomic mass is 35.5. The molecule has 0 saturated carbocycles. The molecule has 2 atom stereocenters. The zero-order valence-corrected chi connectivity index (χ0v) is 15.8. The van der Waals surface area contributed by atoms with Crippen molar-refractivity contribution in [2.24, 2.45) is 5.92 Å². The maximum absolute atomic E-state index is 12.9. The lowest BCUT2D eigenvalue weighted by atomic mass is 9.88. The summed E-state index contributed by atoms with van der Waals surface area (Å²) in [6.07, 6.45) is 0. The van der Waals surface area contributed by atoms with Gasteiger partial charge in [0.2, 0.25) is 5.91 Å². The highest BCUT2D eigenvalue weighted by molar-refractivity contribution is 6.30. The van der Waals surface area contributed by atoms with Crippen LogP contribution in [0.1, 0.15) is 28.8 Å². The highest BCUT2D eigenvalue weighted by Gasteiger charge is 2.41. The fourth-order valence-electron chi connectivity index (χ4n) is 3.47. The van der Waals surface area contributed by atoms with Gasteiger partial charge in [-0.25, -0.2) is 0 Å². The highest BCUT2D eigenvalue weighted by Crippen LogP contribution is 2.34. The Morgan fingerprint density at radius 3 is 2.35 bits per heavy atom. The zero-order chi connectivity index (χ0) is 18.7. The van der Waals surface area contributed by atoms with Crippen molar-refractivity contribution in [3.05, 3.63) is 70.7 Å². The lowest BCUT2D eigenvalue weighted by Crippen LogP contribution is -2.36. The van der Waals surface area contributed by atoms with Gasteiger partial charge < -0.3 is 9.80 Å². The van der Waals surface area contributed by atoms with E-state index in [1.54, 1.807) is 34.1 Å². The largest absolute Gasteiger partial charge is 0.346 e. The SMILES string of the molecule is CCN(C)C(=O)[C@H]1CN(C(=O)c2ccc(Cl)cc2)C[C@@H]1c1ccccc1. The van der Waals surface area contributed by atoms with Crippen LogP contribution in [0, 0.1) is 5.92 Å². The molecule has 0 N–H and O–H groups in total. The minimum Gasteiger partial charge on any atom is -0.346 e. The van der Waals surface area contributed by atoms with Crippen molar-refractivity contribution in [2.45, 2.75) is 12.8 Å². The Morgan fingerprint density at radius 2 is 1.73 bits per heavy atom. The molecule has 0 radical (unpaired) electrons. The van der Waals surface area contributed by atoms with Gasteiger partial charge in [0.1, 0.15) is 0 Å². The van der Waals surface area contributed by atoms with Gasteiger partial charge in [0.15, 0.2) is 0 Å². The normalized spacial score (nSPS) is 19.4. The Kier molecular flexibility index (Phi) is 5.62. The first-order chi connectivity index (χ1) is 12.5. The van der Waals surface area contributed by atoms with Gasteiger partial charge in [-0.1, -0.05) is 41.9 Å². The molecule has 1 fully saturated rings. The summed E-state index contributed by atoms with van der Waals surface area (Å²) in [6, 6.07) is 16.9. The van der Waals surface area contributed by atoms with Crippen LogP contribution in [0.5, 0.6) is 0 Å². The van der Waals surface area contributed by atoms with Gasteiger partial charge in [0, 0.05) is 43.2 Å². The van der Waals surface area contributed by atoms with Crippen LogP contribution in [-0.4, -0.2) is 48.3 Å². The monoisotopic (exact) mass is 370 g/mol. The van der Waals surface area contributed by atoms with Gasteiger partial charge in [-0.3, -0.25) is 9.59 Å². The molecule has 4 nitrogen and oxygen atoms in total. The van der Waals surface area contributed by atoms with E-state index in [0.29, 0.717) is 30.2 Å². The number of benzene rings is 2. The van der Waals surface area contributed by atoms with E-state index in [1.807, 2.05) is 44.3 Å². The van der Waals surface area contributed by atoms with E-state index in [-0.39, 0.29) is 23.7 Å². The molecule has 136 valence electrons. The molecule has 5 heteroatoms. The fraction of sp³-hybridized carbons (Fsp3) is 0.333. The molecular formula is C21H23ClN2O2. The molecule has 1 aliphatic heterocycles. The summed E-state index contributed by atoms with van der Waals surface area (Å²) >= 11 is 5.92. The van der Waals surface area contributed by atoms with Crippen molar-refractivity contribution < 1.29 is 9.59 Å². The molecule has 0 aliphatic carbocycles. The summed E-state index contributed by atoms with van der Waals surface area (Å²) in [7, 11) is 1.81. The topological polar surface area (TPSA) is 40.6 Å². The first kappa shape index (κ1) is 18.5. The lowest BCUT2D eigenvalue weighted by molar-refractivity contribution is -0.133. The summed E-state index contributed by atoms with van der Waals surface area (Å²) in [5.41, 5.74) is 1.69. The second-order valence-electron chi connectivity index (χ2n) is 6.69. The van der Waals surface area contributed by atoms with E-state index in [4.69, 9.17) is 11.6 Å². The molecule has 0 unspecified atom stereocenters. The van der Waals surface area contributed by atoms with Gasteiger partial charge in [-0.15, -0.1) is 0 Å². The summed E-state index contributed by atoms with van der Waals surface area (Å²) in [5.74, 6) is -0.183. The third-order valence-electron chi connectivity index (χ3n) is 5.09. The van der Waals surface area contributed by atoms with Crippen LogP contribution in [0.15, 0.2) is 54.6 Å². The molecule has 0 bridgehead atoms. The standard InChI is InChI=1S/C21H23ClN2O2/c1-3-23(2)21(26)19-14-24(13-18(19)15-7-5-4-6-8-15)20(25)16-9-11-17(22)12-10-16/h4-12,18-19H,3,13-14H2,1-2H3/t18-,19+/m1/s1. The Balaban J connectivity index is 1.87. The van der Waals surface area contributed by atoms with Crippen LogP contribution in [-0.2, 0) is 4.79 Å². The number of carbonyl (C=O) groups is 2. The quantitative estimate of drug-likeness (QED) is 0.823. The maximum atomic E-state index is 12.9. The Morgan fingerprint density at radius 1 is 1.08 bits per heavy atom. The van der Waals surface area contributed by atoms with E-state index in [1.165, 1.54) is 0 Å². The van der Waals surface area contributed by atoms with Crippen molar-refractivity contribution in [3.63, 3.8) is 0 Å². The average molecular weight is 371 g/mol. The first-order valence-corrected chi connectivity index (χ1v) is 9.23. The average Bonchev–Trinajstić information content (AvgIpc) is 3.13. The van der Waals surface area contributed by atoms with E-state index in [9.17, 15) is 9.59 Å². The van der Waals surface area contributed by atoms with Gasteiger partial charge in [0.25, 0.3) is 5.91 Å². The smallest absolute Gasteiger partial charge is 0.253 e. The third kappa shape index (κ3) is 3.75. The molecule has 1 aliphatic rings. The number of carbonyl (C=O) groups excluding carboxylic acids is 2. The number of nitrogens with zero attached hydrogens (tertiary/aromatic N) is 2. The fourth-order valence-corrected chi connectivity index (χ4v) is 3.60. The predicted molar refractivity (Wildman–Crippen MR) is 103 cm³/mol. The lowest BCUT2D eigenvalue weighted by Gasteiger charge is -2.23. The van der Waals surface area contributed by atoms with E-state index < -0.39 is 0 Å². The number of halogens is 1. The number of amides is 2. The van der Waals surface area contributed by atoms with Crippen molar-refractivity contribution in [2.75, 3.05) is 26.7 Å². The minimum absolute atomic E-state index is 0.00829. The summed E-state index contributed by atoms with van der Waals surface area (Å²) < 4.78 is 0. The summed E-state index contributed by atoms with van der Waals surface area (Å²) in [6.45, 7) is 3.59. The van der Waals surface area contributed by atoms with Crippen LogP contribution in [0.4, 0.5) is 0 Å². The van der Waals surface area contributed by atoms with E-state index >= 15 is 0 Å². The molecule has 2 aromatic carbocycles. The first-order valence-electron chi connectivity index (χ1n) is 8.86. The summed E-state index contributed by atoms with van der Waals surface area (Å²) in [4.78, 5) is 29.3. The van der Waals surface area contributed by atoms with E-state index in [0.717, 1.165) is 5.56 Å². The van der Waals surface area contributed by atoms with Gasteiger partial charge >= 0.3 is 0 Å². The molecule has 1 heterocycles. The second-order valence-corrected chi connectivity index (χ2v) is 7.13.